The molecular formula is C19H14N4O3S. The van der Waals surface area contributed by atoms with E-state index in [0.29, 0.717) is 22.7 Å². The number of amides is 3. The summed E-state index contributed by atoms with van der Waals surface area (Å²) in [5.41, 5.74) is 0.401. The molecule has 7 nitrogen and oxygen atoms in total. The van der Waals surface area contributed by atoms with E-state index in [2.05, 4.69) is 10.3 Å². The van der Waals surface area contributed by atoms with Crippen LogP contribution in [0.2, 0.25) is 0 Å². The molecule has 134 valence electrons. The van der Waals surface area contributed by atoms with E-state index in [1.807, 2.05) is 23.6 Å². The van der Waals surface area contributed by atoms with Crippen LogP contribution in [-0.2, 0) is 16.9 Å². The molecule has 1 aromatic carbocycles. The van der Waals surface area contributed by atoms with Crippen molar-refractivity contribution in [2.24, 2.45) is 0 Å². The molecule has 3 amide bonds. The molecule has 1 atom stereocenters. The van der Waals surface area contributed by atoms with E-state index in [1.165, 1.54) is 17.6 Å². The maximum atomic E-state index is 13.0. The van der Waals surface area contributed by atoms with Crippen LogP contribution in [-0.4, -0.2) is 21.8 Å². The van der Waals surface area contributed by atoms with Gasteiger partial charge in [-0.15, -0.1) is 11.3 Å². The van der Waals surface area contributed by atoms with E-state index in [0.717, 1.165) is 9.78 Å². The highest BCUT2D eigenvalue weighted by Gasteiger charge is 2.49. The Hall–Kier alpha value is -3.44. The lowest BCUT2D eigenvalue weighted by atomic mass is 9.91. The fourth-order valence-electron chi connectivity index (χ4n) is 2.97. The lowest BCUT2D eigenvalue weighted by molar-refractivity contribution is -0.131. The number of thiophene rings is 1. The molecule has 0 radical (unpaired) electrons. The summed E-state index contributed by atoms with van der Waals surface area (Å²) in [5, 5.41) is 13.6. The standard InChI is InChI=1S/C19H14N4O3S/c1-19(13-6-4-12(9-20)5-7-13)17(24)23(18(25)22-19)10-14-11-26-16(21-14)15-3-2-8-27-15/h2-8,11H,10H2,1H3,(H,22,25)/t19-/m0/s1. The Labute approximate surface area is 158 Å². The molecule has 4 rings (SSSR count). The summed E-state index contributed by atoms with van der Waals surface area (Å²) in [4.78, 5) is 31.7. The van der Waals surface area contributed by atoms with Crippen LogP contribution in [0.3, 0.4) is 0 Å². The zero-order chi connectivity index (χ0) is 19.0. The van der Waals surface area contributed by atoms with Crippen molar-refractivity contribution < 1.29 is 14.0 Å². The molecule has 3 aromatic rings. The molecule has 1 fully saturated rings. The average molecular weight is 378 g/mol. The third-order valence-corrected chi connectivity index (χ3v) is 5.33. The number of benzene rings is 1. The number of hydrogen-bond donors (Lipinski definition) is 1. The molecule has 1 N–H and O–H groups in total. The Morgan fingerprint density at radius 2 is 2.07 bits per heavy atom. The maximum Gasteiger partial charge on any atom is 0.325 e. The highest BCUT2D eigenvalue weighted by Crippen LogP contribution is 2.30. The summed E-state index contributed by atoms with van der Waals surface area (Å²) in [6, 6.07) is 11.9. The first-order valence-corrected chi connectivity index (χ1v) is 9.02. The Morgan fingerprint density at radius 1 is 1.30 bits per heavy atom. The fraction of sp³-hybridized carbons (Fsp3) is 0.158. The number of carbonyl (C=O) groups is 2. The number of carbonyl (C=O) groups excluding carboxylic acids is 2. The van der Waals surface area contributed by atoms with Crippen molar-refractivity contribution in [2.75, 3.05) is 0 Å². The number of rotatable bonds is 4. The van der Waals surface area contributed by atoms with Gasteiger partial charge in [-0.05, 0) is 36.1 Å². The van der Waals surface area contributed by atoms with Crippen LogP contribution in [0.1, 0.15) is 23.7 Å². The Balaban J connectivity index is 1.57. The quantitative estimate of drug-likeness (QED) is 0.703. The molecule has 0 unspecified atom stereocenters. The van der Waals surface area contributed by atoms with Crippen molar-refractivity contribution in [3.8, 4) is 16.8 Å². The van der Waals surface area contributed by atoms with Gasteiger partial charge in [0.15, 0.2) is 0 Å². The first kappa shape index (κ1) is 17.0. The van der Waals surface area contributed by atoms with Gasteiger partial charge < -0.3 is 9.73 Å². The van der Waals surface area contributed by atoms with Gasteiger partial charge in [-0.2, -0.15) is 5.26 Å². The van der Waals surface area contributed by atoms with Crippen LogP contribution in [0.15, 0.2) is 52.5 Å². The van der Waals surface area contributed by atoms with E-state index in [9.17, 15) is 9.59 Å². The van der Waals surface area contributed by atoms with Crippen LogP contribution < -0.4 is 5.32 Å². The first-order valence-electron chi connectivity index (χ1n) is 8.14. The third kappa shape index (κ3) is 2.88. The average Bonchev–Trinajstić information content (AvgIpc) is 3.40. The molecule has 8 heteroatoms. The van der Waals surface area contributed by atoms with Crippen molar-refractivity contribution in [1.82, 2.24) is 15.2 Å². The SMILES string of the molecule is C[C@@]1(c2ccc(C#N)cc2)NC(=O)N(Cc2coc(-c3cccs3)n2)C1=O. The Kier molecular flexibility index (Phi) is 4.01. The molecule has 2 aromatic heterocycles. The van der Waals surface area contributed by atoms with Gasteiger partial charge in [0.2, 0.25) is 5.89 Å². The predicted molar refractivity (Wildman–Crippen MR) is 97.4 cm³/mol. The number of nitrogens with zero attached hydrogens (tertiary/aromatic N) is 3. The molecule has 1 aliphatic rings. The number of urea groups is 1. The van der Waals surface area contributed by atoms with E-state index < -0.39 is 11.6 Å². The van der Waals surface area contributed by atoms with Gasteiger partial charge >= 0.3 is 6.03 Å². The van der Waals surface area contributed by atoms with Crippen LogP contribution in [0.4, 0.5) is 4.79 Å². The van der Waals surface area contributed by atoms with Crippen LogP contribution >= 0.6 is 11.3 Å². The zero-order valence-electron chi connectivity index (χ0n) is 14.3. The highest BCUT2D eigenvalue weighted by atomic mass is 32.1. The van der Waals surface area contributed by atoms with E-state index in [1.54, 1.807) is 31.2 Å². The van der Waals surface area contributed by atoms with Crippen molar-refractivity contribution in [3.05, 3.63) is 64.9 Å². The summed E-state index contributed by atoms with van der Waals surface area (Å²) in [6.07, 6.45) is 1.45. The molecule has 0 saturated carbocycles. The topological polar surface area (TPSA) is 99.2 Å². The predicted octanol–water partition coefficient (Wildman–Crippen LogP) is 3.24. The van der Waals surface area contributed by atoms with Gasteiger partial charge in [0.05, 0.1) is 28.7 Å². The normalized spacial score (nSPS) is 19.2. The largest absolute Gasteiger partial charge is 0.443 e. The van der Waals surface area contributed by atoms with E-state index >= 15 is 0 Å². The second kappa shape index (κ2) is 6.37. The molecule has 0 aliphatic carbocycles. The zero-order valence-corrected chi connectivity index (χ0v) is 15.1. The van der Waals surface area contributed by atoms with Crippen molar-refractivity contribution in [3.63, 3.8) is 0 Å². The number of imide groups is 1. The van der Waals surface area contributed by atoms with E-state index in [4.69, 9.17) is 9.68 Å². The molecule has 3 heterocycles. The van der Waals surface area contributed by atoms with Crippen LogP contribution in [0, 0.1) is 11.3 Å². The van der Waals surface area contributed by atoms with Crippen LogP contribution in [0.5, 0.6) is 0 Å². The smallest absolute Gasteiger partial charge is 0.325 e. The van der Waals surface area contributed by atoms with E-state index in [-0.39, 0.29) is 12.5 Å². The monoisotopic (exact) mass is 378 g/mol. The third-order valence-electron chi connectivity index (χ3n) is 4.47. The Bertz CT molecular complexity index is 1050. The minimum atomic E-state index is -1.19. The summed E-state index contributed by atoms with van der Waals surface area (Å²) in [6.45, 7) is 1.67. The molecule has 1 saturated heterocycles. The fourth-order valence-corrected chi connectivity index (χ4v) is 3.62. The summed E-state index contributed by atoms with van der Waals surface area (Å²) in [7, 11) is 0. The first-order chi connectivity index (χ1) is 13.0. The number of oxazole rings is 1. The number of aromatic nitrogens is 1. The lowest BCUT2D eigenvalue weighted by Gasteiger charge is -2.22. The summed E-state index contributed by atoms with van der Waals surface area (Å²) >= 11 is 1.49. The second-order valence-electron chi connectivity index (χ2n) is 6.26. The summed E-state index contributed by atoms with van der Waals surface area (Å²) in [5.74, 6) is 0.0831. The number of hydrogen-bond acceptors (Lipinski definition) is 6. The van der Waals surface area contributed by atoms with Gasteiger partial charge in [0, 0.05) is 0 Å². The minimum absolute atomic E-state index is 0.0193. The summed E-state index contributed by atoms with van der Waals surface area (Å²) < 4.78 is 5.45. The number of nitriles is 1. The number of nitrogens with one attached hydrogen (secondary N) is 1. The van der Waals surface area contributed by atoms with Gasteiger partial charge in [-0.25, -0.2) is 9.78 Å². The van der Waals surface area contributed by atoms with Gasteiger partial charge in [-0.3, -0.25) is 9.69 Å². The Morgan fingerprint density at radius 3 is 2.74 bits per heavy atom. The van der Waals surface area contributed by atoms with Crippen LogP contribution in [0.25, 0.3) is 10.8 Å². The second-order valence-corrected chi connectivity index (χ2v) is 7.20. The van der Waals surface area contributed by atoms with Gasteiger partial charge in [0.25, 0.3) is 5.91 Å². The molecule has 1 aliphatic heterocycles. The molecule has 27 heavy (non-hydrogen) atoms. The lowest BCUT2D eigenvalue weighted by Crippen LogP contribution is -2.40. The van der Waals surface area contributed by atoms with Gasteiger partial charge in [0.1, 0.15) is 11.8 Å². The highest BCUT2D eigenvalue weighted by molar-refractivity contribution is 7.13. The minimum Gasteiger partial charge on any atom is -0.443 e. The van der Waals surface area contributed by atoms with Crippen molar-refractivity contribution in [1.29, 1.82) is 5.26 Å². The maximum absolute atomic E-state index is 13.0. The van der Waals surface area contributed by atoms with Crippen molar-refractivity contribution >= 4 is 23.3 Å². The molecule has 0 bridgehead atoms. The van der Waals surface area contributed by atoms with Crippen molar-refractivity contribution in [2.45, 2.75) is 19.0 Å². The van der Waals surface area contributed by atoms with Gasteiger partial charge in [-0.1, -0.05) is 18.2 Å². The molecular weight excluding hydrogens is 364 g/mol. The molecule has 0 spiro atoms.